The number of hydrogen-bond acceptors (Lipinski definition) is 4. The SMILES string of the molecule is Cc1cc2nc([C@H](C)NC(=O)c3c(C)cc(C)n(C)c3=O)cc(=O)n2[nH]1. The van der Waals surface area contributed by atoms with Crippen LogP contribution in [0, 0.1) is 20.8 Å². The average Bonchev–Trinajstić information content (AvgIpc) is 2.93. The zero-order valence-corrected chi connectivity index (χ0v) is 15.4. The van der Waals surface area contributed by atoms with Gasteiger partial charge in [-0.3, -0.25) is 19.5 Å². The van der Waals surface area contributed by atoms with Gasteiger partial charge in [0.15, 0.2) is 5.65 Å². The van der Waals surface area contributed by atoms with E-state index in [2.05, 4.69) is 15.4 Å². The van der Waals surface area contributed by atoms with Crippen LogP contribution in [0.2, 0.25) is 0 Å². The third-order valence-corrected chi connectivity index (χ3v) is 4.48. The van der Waals surface area contributed by atoms with E-state index in [4.69, 9.17) is 0 Å². The Morgan fingerprint density at radius 3 is 2.58 bits per heavy atom. The lowest BCUT2D eigenvalue weighted by Crippen LogP contribution is -2.36. The fourth-order valence-corrected chi connectivity index (χ4v) is 2.95. The molecule has 0 aliphatic rings. The highest BCUT2D eigenvalue weighted by Crippen LogP contribution is 2.12. The third-order valence-electron chi connectivity index (χ3n) is 4.48. The van der Waals surface area contributed by atoms with Crippen LogP contribution in [0.5, 0.6) is 0 Å². The normalized spacial score (nSPS) is 12.3. The van der Waals surface area contributed by atoms with Crippen LogP contribution in [0.4, 0.5) is 0 Å². The standard InChI is InChI=1S/C18H21N5O3/c1-9-6-11(3)22(5)18(26)16(9)17(25)19-12(4)13-8-15(24)23-14(20-13)7-10(2)21-23/h6-8,12,21H,1-5H3,(H,19,25)/t12-/m0/s1. The molecule has 0 unspecified atom stereocenters. The molecule has 0 saturated carbocycles. The maximum Gasteiger partial charge on any atom is 0.272 e. The zero-order valence-electron chi connectivity index (χ0n) is 15.4. The number of fused-ring (bicyclic) bond motifs is 1. The highest BCUT2D eigenvalue weighted by Gasteiger charge is 2.20. The highest BCUT2D eigenvalue weighted by molar-refractivity contribution is 5.95. The van der Waals surface area contributed by atoms with Crippen LogP contribution < -0.4 is 16.4 Å². The number of aromatic amines is 1. The summed E-state index contributed by atoms with van der Waals surface area (Å²) in [7, 11) is 1.63. The number of aromatic nitrogens is 4. The Morgan fingerprint density at radius 2 is 1.88 bits per heavy atom. The topological polar surface area (TPSA) is 101 Å². The Labute approximate surface area is 149 Å². The van der Waals surface area contributed by atoms with Crippen molar-refractivity contribution in [1.82, 2.24) is 24.5 Å². The molecule has 3 aromatic rings. The molecule has 3 heterocycles. The molecule has 0 bridgehead atoms. The number of pyridine rings is 1. The summed E-state index contributed by atoms with van der Waals surface area (Å²) in [6.07, 6.45) is 0. The molecule has 0 aliphatic carbocycles. The molecule has 8 nitrogen and oxygen atoms in total. The van der Waals surface area contributed by atoms with Gasteiger partial charge in [-0.15, -0.1) is 0 Å². The molecule has 1 atom stereocenters. The summed E-state index contributed by atoms with van der Waals surface area (Å²) in [6.45, 7) is 7.09. The number of amides is 1. The number of hydrogen-bond donors (Lipinski definition) is 2. The van der Waals surface area contributed by atoms with Gasteiger partial charge in [-0.2, -0.15) is 0 Å². The van der Waals surface area contributed by atoms with Gasteiger partial charge in [0, 0.05) is 30.6 Å². The van der Waals surface area contributed by atoms with Gasteiger partial charge >= 0.3 is 0 Å². The van der Waals surface area contributed by atoms with Crippen LogP contribution in [0.3, 0.4) is 0 Å². The van der Waals surface area contributed by atoms with E-state index in [1.807, 2.05) is 13.8 Å². The van der Waals surface area contributed by atoms with E-state index in [0.29, 0.717) is 16.9 Å². The van der Waals surface area contributed by atoms with Crippen LogP contribution in [-0.2, 0) is 7.05 Å². The first kappa shape index (κ1) is 17.7. The third kappa shape index (κ3) is 2.94. The predicted octanol–water partition coefficient (Wildman–Crippen LogP) is 1.14. The van der Waals surface area contributed by atoms with Crippen molar-refractivity contribution in [2.24, 2.45) is 7.05 Å². The summed E-state index contributed by atoms with van der Waals surface area (Å²) in [5, 5.41) is 5.66. The number of rotatable bonds is 3. The highest BCUT2D eigenvalue weighted by atomic mass is 16.2. The van der Waals surface area contributed by atoms with E-state index >= 15 is 0 Å². The smallest absolute Gasteiger partial charge is 0.272 e. The minimum atomic E-state index is -0.527. The average molecular weight is 355 g/mol. The Bertz CT molecular complexity index is 1140. The van der Waals surface area contributed by atoms with Crippen LogP contribution in [0.25, 0.3) is 5.65 Å². The van der Waals surface area contributed by atoms with Crippen LogP contribution >= 0.6 is 0 Å². The first-order valence-corrected chi connectivity index (χ1v) is 8.26. The van der Waals surface area contributed by atoms with E-state index in [0.717, 1.165) is 11.4 Å². The molecule has 8 heteroatoms. The van der Waals surface area contributed by atoms with E-state index in [1.165, 1.54) is 15.1 Å². The number of carbonyl (C=O) groups is 1. The first-order chi connectivity index (χ1) is 12.2. The van der Waals surface area contributed by atoms with E-state index in [9.17, 15) is 14.4 Å². The van der Waals surface area contributed by atoms with Gasteiger partial charge in [0.1, 0.15) is 5.56 Å². The maximum atomic E-state index is 12.6. The summed E-state index contributed by atoms with van der Waals surface area (Å²) >= 11 is 0. The molecular formula is C18H21N5O3. The second kappa shape index (κ2) is 6.29. The summed E-state index contributed by atoms with van der Waals surface area (Å²) in [5.74, 6) is -0.483. The van der Waals surface area contributed by atoms with Gasteiger partial charge in [-0.1, -0.05) is 0 Å². The molecule has 3 aromatic heterocycles. The molecule has 0 fully saturated rings. The largest absolute Gasteiger partial charge is 0.344 e. The fourth-order valence-electron chi connectivity index (χ4n) is 2.95. The predicted molar refractivity (Wildman–Crippen MR) is 97.6 cm³/mol. The molecule has 0 spiro atoms. The van der Waals surface area contributed by atoms with Crippen molar-refractivity contribution in [2.75, 3.05) is 0 Å². The van der Waals surface area contributed by atoms with Crippen LogP contribution in [-0.4, -0.2) is 25.1 Å². The van der Waals surface area contributed by atoms with Crippen molar-refractivity contribution in [2.45, 2.75) is 33.7 Å². The molecule has 2 N–H and O–H groups in total. The number of carbonyl (C=O) groups excluding carboxylic acids is 1. The van der Waals surface area contributed by atoms with Crippen molar-refractivity contribution in [3.8, 4) is 0 Å². The molecule has 0 radical (unpaired) electrons. The summed E-state index contributed by atoms with van der Waals surface area (Å²) in [5.41, 5.74) is 2.60. The number of nitrogens with one attached hydrogen (secondary N) is 2. The van der Waals surface area contributed by atoms with Crippen molar-refractivity contribution in [3.63, 3.8) is 0 Å². The lowest BCUT2D eigenvalue weighted by atomic mass is 10.1. The van der Waals surface area contributed by atoms with Gasteiger partial charge in [0.25, 0.3) is 17.0 Å². The summed E-state index contributed by atoms with van der Waals surface area (Å²) < 4.78 is 2.78. The molecule has 0 aliphatic heterocycles. The minimum absolute atomic E-state index is 0.0974. The fraction of sp³-hybridized carbons (Fsp3) is 0.333. The minimum Gasteiger partial charge on any atom is -0.344 e. The Balaban J connectivity index is 1.95. The number of nitrogens with zero attached hydrogens (tertiary/aromatic N) is 3. The second-order valence-corrected chi connectivity index (χ2v) is 6.56. The lowest BCUT2D eigenvalue weighted by molar-refractivity contribution is 0.0936. The summed E-state index contributed by atoms with van der Waals surface area (Å²) in [4.78, 5) is 41.7. The Hall–Kier alpha value is -3.16. The van der Waals surface area contributed by atoms with Gasteiger partial charge in [0.2, 0.25) is 0 Å². The lowest BCUT2D eigenvalue weighted by Gasteiger charge is -2.15. The zero-order chi connectivity index (χ0) is 19.2. The van der Waals surface area contributed by atoms with Gasteiger partial charge in [0.05, 0.1) is 11.7 Å². The van der Waals surface area contributed by atoms with Crippen molar-refractivity contribution in [3.05, 3.63) is 67.1 Å². The second-order valence-electron chi connectivity index (χ2n) is 6.56. The van der Waals surface area contributed by atoms with Crippen molar-refractivity contribution in [1.29, 1.82) is 0 Å². The van der Waals surface area contributed by atoms with Gasteiger partial charge in [-0.05, 0) is 39.3 Å². The number of aryl methyl sites for hydroxylation is 3. The molecule has 0 saturated heterocycles. The Kier molecular flexibility index (Phi) is 4.27. The van der Waals surface area contributed by atoms with Crippen LogP contribution in [0.1, 0.15) is 46.0 Å². The van der Waals surface area contributed by atoms with E-state index in [-0.39, 0.29) is 16.7 Å². The van der Waals surface area contributed by atoms with Gasteiger partial charge in [-0.25, -0.2) is 9.50 Å². The quantitative estimate of drug-likeness (QED) is 0.735. The van der Waals surface area contributed by atoms with E-state index < -0.39 is 11.9 Å². The van der Waals surface area contributed by atoms with Gasteiger partial charge < -0.3 is 9.88 Å². The van der Waals surface area contributed by atoms with Crippen LogP contribution in [0.15, 0.2) is 27.8 Å². The van der Waals surface area contributed by atoms with E-state index in [1.54, 1.807) is 33.0 Å². The molecular weight excluding hydrogens is 334 g/mol. The molecule has 0 aromatic carbocycles. The molecule has 1 amide bonds. The van der Waals surface area contributed by atoms with Crippen molar-refractivity contribution >= 4 is 11.6 Å². The maximum absolute atomic E-state index is 12.6. The summed E-state index contributed by atoms with van der Waals surface area (Å²) in [6, 6.07) is 4.38. The molecule has 136 valence electrons. The Morgan fingerprint density at radius 1 is 1.19 bits per heavy atom. The number of H-pyrrole nitrogens is 1. The molecule has 26 heavy (non-hydrogen) atoms. The van der Waals surface area contributed by atoms with Crippen molar-refractivity contribution < 1.29 is 4.79 Å². The monoisotopic (exact) mass is 355 g/mol. The first-order valence-electron chi connectivity index (χ1n) is 8.26. The molecule has 3 rings (SSSR count).